The van der Waals surface area contributed by atoms with Crippen molar-refractivity contribution in [1.82, 2.24) is 5.32 Å². The Labute approximate surface area is 126 Å². The van der Waals surface area contributed by atoms with E-state index in [1.807, 2.05) is 12.1 Å². The predicted molar refractivity (Wildman–Crippen MR) is 86.1 cm³/mol. The molecule has 2 unspecified atom stereocenters. The molecular weight excluding hydrogens is 270 g/mol. The fourth-order valence-electron chi connectivity index (χ4n) is 2.56. The Morgan fingerprint density at radius 2 is 2.15 bits per heavy atom. The standard InChI is InChI=1S/C16H25NO2S/c1-12(17-11-14-6-4-5-9-20-14)15-8-7-13(18-2)10-16(15)19-3/h7-8,10,12,14,17H,4-6,9,11H2,1-3H3. The molecule has 1 aliphatic heterocycles. The summed E-state index contributed by atoms with van der Waals surface area (Å²) in [5.74, 6) is 3.04. The Kier molecular flexibility index (Phi) is 6.05. The van der Waals surface area contributed by atoms with Crippen molar-refractivity contribution in [3.05, 3.63) is 23.8 Å². The van der Waals surface area contributed by atoms with Gasteiger partial charge in [-0.25, -0.2) is 0 Å². The fourth-order valence-corrected chi connectivity index (χ4v) is 3.81. The smallest absolute Gasteiger partial charge is 0.127 e. The van der Waals surface area contributed by atoms with Crippen LogP contribution < -0.4 is 14.8 Å². The minimum absolute atomic E-state index is 0.290. The van der Waals surface area contributed by atoms with Gasteiger partial charge in [-0.2, -0.15) is 11.8 Å². The van der Waals surface area contributed by atoms with Gasteiger partial charge >= 0.3 is 0 Å². The molecule has 1 N–H and O–H groups in total. The number of hydrogen-bond acceptors (Lipinski definition) is 4. The normalized spacial score (nSPS) is 20.4. The first-order valence-electron chi connectivity index (χ1n) is 7.31. The van der Waals surface area contributed by atoms with Gasteiger partial charge in [-0.1, -0.05) is 12.5 Å². The molecule has 1 aromatic rings. The lowest BCUT2D eigenvalue weighted by atomic mass is 10.1. The van der Waals surface area contributed by atoms with E-state index in [4.69, 9.17) is 9.47 Å². The maximum absolute atomic E-state index is 5.48. The zero-order chi connectivity index (χ0) is 14.4. The van der Waals surface area contributed by atoms with Crippen LogP contribution in [0.2, 0.25) is 0 Å². The number of methoxy groups -OCH3 is 2. The summed E-state index contributed by atoms with van der Waals surface area (Å²) in [6, 6.07) is 6.32. The molecule has 1 saturated heterocycles. The van der Waals surface area contributed by atoms with Gasteiger partial charge in [0.05, 0.1) is 14.2 Å². The lowest BCUT2D eigenvalue weighted by molar-refractivity contribution is 0.385. The maximum Gasteiger partial charge on any atom is 0.127 e. The third kappa shape index (κ3) is 4.06. The minimum atomic E-state index is 0.290. The number of thioether (sulfide) groups is 1. The summed E-state index contributed by atoms with van der Waals surface area (Å²) in [4.78, 5) is 0. The maximum atomic E-state index is 5.48. The number of ether oxygens (including phenoxy) is 2. The van der Waals surface area contributed by atoms with Crippen LogP contribution >= 0.6 is 11.8 Å². The Balaban J connectivity index is 1.95. The monoisotopic (exact) mass is 295 g/mol. The highest BCUT2D eigenvalue weighted by Crippen LogP contribution is 2.30. The molecule has 4 heteroatoms. The highest BCUT2D eigenvalue weighted by molar-refractivity contribution is 7.99. The van der Waals surface area contributed by atoms with E-state index in [1.165, 1.54) is 30.6 Å². The summed E-state index contributed by atoms with van der Waals surface area (Å²) >= 11 is 2.10. The average Bonchev–Trinajstić information content (AvgIpc) is 2.52. The largest absolute Gasteiger partial charge is 0.497 e. The van der Waals surface area contributed by atoms with Crippen molar-refractivity contribution < 1.29 is 9.47 Å². The third-order valence-corrected chi connectivity index (χ3v) is 5.23. The van der Waals surface area contributed by atoms with Crippen LogP contribution in [0.4, 0.5) is 0 Å². The molecule has 0 radical (unpaired) electrons. The Bertz CT molecular complexity index is 419. The molecule has 20 heavy (non-hydrogen) atoms. The van der Waals surface area contributed by atoms with Crippen molar-refractivity contribution in [2.24, 2.45) is 0 Å². The van der Waals surface area contributed by atoms with Crippen LogP contribution in [-0.2, 0) is 0 Å². The van der Waals surface area contributed by atoms with Crippen molar-refractivity contribution in [3.63, 3.8) is 0 Å². The van der Waals surface area contributed by atoms with Crippen LogP contribution in [0.5, 0.6) is 11.5 Å². The molecule has 0 saturated carbocycles. The van der Waals surface area contributed by atoms with E-state index in [1.54, 1.807) is 14.2 Å². The van der Waals surface area contributed by atoms with Gasteiger partial charge in [-0.05, 0) is 31.6 Å². The van der Waals surface area contributed by atoms with E-state index in [0.717, 1.165) is 23.3 Å². The van der Waals surface area contributed by atoms with E-state index in [-0.39, 0.29) is 0 Å². The van der Waals surface area contributed by atoms with Gasteiger partial charge in [0.25, 0.3) is 0 Å². The van der Waals surface area contributed by atoms with Gasteiger partial charge in [-0.15, -0.1) is 0 Å². The molecule has 1 aliphatic rings. The molecule has 0 spiro atoms. The summed E-state index contributed by atoms with van der Waals surface area (Å²) in [5, 5.41) is 4.40. The molecular formula is C16H25NO2S. The topological polar surface area (TPSA) is 30.5 Å². The predicted octanol–water partition coefficient (Wildman–Crippen LogP) is 3.64. The summed E-state index contributed by atoms with van der Waals surface area (Å²) in [6.45, 7) is 3.26. The van der Waals surface area contributed by atoms with Gasteiger partial charge in [-0.3, -0.25) is 0 Å². The molecule has 1 heterocycles. The first-order valence-corrected chi connectivity index (χ1v) is 8.36. The van der Waals surface area contributed by atoms with Crippen LogP contribution in [0.1, 0.15) is 37.8 Å². The fraction of sp³-hybridized carbons (Fsp3) is 0.625. The van der Waals surface area contributed by atoms with E-state index in [0.29, 0.717) is 6.04 Å². The lowest BCUT2D eigenvalue weighted by Gasteiger charge is -2.24. The van der Waals surface area contributed by atoms with Gasteiger partial charge in [0.15, 0.2) is 0 Å². The highest BCUT2D eigenvalue weighted by Gasteiger charge is 2.17. The van der Waals surface area contributed by atoms with Gasteiger partial charge in [0, 0.05) is 29.5 Å². The van der Waals surface area contributed by atoms with Gasteiger partial charge < -0.3 is 14.8 Å². The Morgan fingerprint density at radius 3 is 2.80 bits per heavy atom. The van der Waals surface area contributed by atoms with Crippen molar-refractivity contribution >= 4 is 11.8 Å². The van der Waals surface area contributed by atoms with Crippen molar-refractivity contribution in [3.8, 4) is 11.5 Å². The number of benzene rings is 1. The molecule has 0 bridgehead atoms. The van der Waals surface area contributed by atoms with Crippen LogP contribution in [0.3, 0.4) is 0 Å². The van der Waals surface area contributed by atoms with Crippen molar-refractivity contribution in [2.45, 2.75) is 37.5 Å². The first-order chi connectivity index (χ1) is 9.74. The molecule has 0 aliphatic carbocycles. The first kappa shape index (κ1) is 15.5. The minimum Gasteiger partial charge on any atom is -0.497 e. The van der Waals surface area contributed by atoms with E-state index >= 15 is 0 Å². The molecule has 0 aromatic heterocycles. The average molecular weight is 295 g/mol. The number of rotatable bonds is 6. The summed E-state index contributed by atoms with van der Waals surface area (Å²) in [7, 11) is 3.39. The second-order valence-corrected chi connectivity index (χ2v) is 6.63. The molecule has 1 aromatic carbocycles. The second kappa shape index (κ2) is 7.79. The zero-order valence-corrected chi connectivity index (χ0v) is 13.5. The molecule has 2 rings (SSSR count). The second-order valence-electron chi connectivity index (χ2n) is 5.23. The molecule has 2 atom stereocenters. The molecule has 112 valence electrons. The van der Waals surface area contributed by atoms with Crippen LogP contribution in [0, 0.1) is 0 Å². The van der Waals surface area contributed by atoms with Crippen LogP contribution in [0.25, 0.3) is 0 Å². The van der Waals surface area contributed by atoms with Gasteiger partial charge in [0.2, 0.25) is 0 Å². The summed E-state index contributed by atoms with van der Waals surface area (Å²) in [6.07, 6.45) is 4.09. The lowest BCUT2D eigenvalue weighted by Crippen LogP contribution is -2.29. The zero-order valence-electron chi connectivity index (χ0n) is 12.6. The molecule has 3 nitrogen and oxygen atoms in total. The van der Waals surface area contributed by atoms with Crippen molar-refractivity contribution in [1.29, 1.82) is 0 Å². The quantitative estimate of drug-likeness (QED) is 0.868. The molecule has 1 fully saturated rings. The SMILES string of the molecule is COc1ccc(C(C)NCC2CCCCS2)c(OC)c1. The van der Waals surface area contributed by atoms with Crippen LogP contribution in [-0.4, -0.2) is 31.8 Å². The third-order valence-electron chi connectivity index (χ3n) is 3.83. The highest BCUT2D eigenvalue weighted by atomic mass is 32.2. The van der Waals surface area contributed by atoms with Crippen LogP contribution in [0.15, 0.2) is 18.2 Å². The molecule has 0 amide bonds. The van der Waals surface area contributed by atoms with E-state index in [2.05, 4.69) is 30.1 Å². The summed E-state index contributed by atoms with van der Waals surface area (Å²) < 4.78 is 10.7. The van der Waals surface area contributed by atoms with Crippen molar-refractivity contribution in [2.75, 3.05) is 26.5 Å². The number of nitrogens with one attached hydrogen (secondary N) is 1. The van der Waals surface area contributed by atoms with Gasteiger partial charge in [0.1, 0.15) is 11.5 Å². The van der Waals surface area contributed by atoms with E-state index < -0.39 is 0 Å². The summed E-state index contributed by atoms with van der Waals surface area (Å²) in [5.41, 5.74) is 1.19. The Hall–Kier alpha value is -0.870. The Morgan fingerprint density at radius 1 is 1.30 bits per heavy atom. The van der Waals surface area contributed by atoms with E-state index in [9.17, 15) is 0 Å². The number of hydrogen-bond donors (Lipinski definition) is 1.